The first-order chi connectivity index (χ1) is 13.5. The van der Waals surface area contributed by atoms with Crippen molar-refractivity contribution in [1.82, 2.24) is 19.6 Å². The lowest BCUT2D eigenvalue weighted by atomic mass is 10.2. The Hall–Kier alpha value is -3.81. The Labute approximate surface area is 159 Å². The van der Waals surface area contributed by atoms with Crippen molar-refractivity contribution in [2.24, 2.45) is 0 Å². The number of nitrogens with one attached hydrogen (secondary N) is 1. The van der Waals surface area contributed by atoms with Crippen molar-refractivity contribution < 1.29 is 13.9 Å². The number of carbonyl (C=O) groups excluding carboxylic acids is 1. The number of aromatic nitrogens is 4. The van der Waals surface area contributed by atoms with Crippen molar-refractivity contribution in [3.8, 4) is 17.1 Å². The molecule has 140 valence electrons. The first-order valence-corrected chi connectivity index (χ1v) is 8.52. The molecule has 8 heteroatoms. The summed E-state index contributed by atoms with van der Waals surface area (Å²) in [4.78, 5) is 25.1. The van der Waals surface area contributed by atoms with Crippen molar-refractivity contribution in [3.63, 3.8) is 0 Å². The second kappa shape index (κ2) is 7.07. The summed E-state index contributed by atoms with van der Waals surface area (Å²) in [6.45, 7) is 3.59. The Morgan fingerprint density at radius 3 is 2.82 bits per heavy atom. The molecule has 4 rings (SSSR count). The van der Waals surface area contributed by atoms with Crippen LogP contribution in [0.3, 0.4) is 0 Å². The summed E-state index contributed by atoms with van der Waals surface area (Å²) >= 11 is 0. The van der Waals surface area contributed by atoms with Crippen LogP contribution in [-0.2, 0) is 0 Å². The number of nitrogens with zero attached hydrogens (tertiary/aromatic N) is 4. The molecule has 0 radical (unpaired) electrons. The third-order valence-electron chi connectivity index (χ3n) is 4.17. The van der Waals surface area contributed by atoms with E-state index in [0.717, 1.165) is 16.6 Å². The average molecular weight is 377 g/mol. The minimum absolute atomic E-state index is 0.212. The highest BCUT2D eigenvalue weighted by molar-refractivity contribution is 5.84. The SMILES string of the molecule is Cc1nc(-c2cccc(F)c2)ncc1OC(=O)Nn1cc(C)c2ncccc21. The minimum atomic E-state index is -0.689. The van der Waals surface area contributed by atoms with Crippen molar-refractivity contribution in [1.29, 1.82) is 0 Å². The largest absolute Gasteiger partial charge is 0.432 e. The van der Waals surface area contributed by atoms with E-state index in [2.05, 4.69) is 20.4 Å². The predicted octanol–water partition coefficient (Wildman–Crippen LogP) is 3.99. The molecular weight excluding hydrogens is 361 g/mol. The Balaban J connectivity index is 1.53. The number of carbonyl (C=O) groups is 1. The number of amides is 1. The second-order valence-corrected chi connectivity index (χ2v) is 6.21. The van der Waals surface area contributed by atoms with Gasteiger partial charge in [-0.05, 0) is 43.7 Å². The van der Waals surface area contributed by atoms with Crippen LogP contribution in [-0.4, -0.2) is 25.7 Å². The number of hydrogen-bond donors (Lipinski definition) is 1. The fourth-order valence-electron chi connectivity index (χ4n) is 2.86. The zero-order valence-corrected chi connectivity index (χ0v) is 15.2. The second-order valence-electron chi connectivity index (χ2n) is 6.21. The molecule has 0 unspecified atom stereocenters. The number of rotatable bonds is 3. The van der Waals surface area contributed by atoms with E-state index in [9.17, 15) is 9.18 Å². The highest BCUT2D eigenvalue weighted by Gasteiger charge is 2.13. The summed E-state index contributed by atoms with van der Waals surface area (Å²) in [5.74, 6) is 0.189. The maximum absolute atomic E-state index is 13.4. The molecule has 0 aliphatic rings. The molecule has 0 saturated carbocycles. The molecule has 3 heterocycles. The van der Waals surface area contributed by atoms with Gasteiger partial charge in [-0.3, -0.25) is 9.66 Å². The highest BCUT2D eigenvalue weighted by Crippen LogP contribution is 2.21. The summed E-state index contributed by atoms with van der Waals surface area (Å²) in [6.07, 6.45) is 4.16. The van der Waals surface area contributed by atoms with Crippen LogP contribution in [0, 0.1) is 19.7 Å². The van der Waals surface area contributed by atoms with Crippen LogP contribution in [0.1, 0.15) is 11.3 Å². The third-order valence-corrected chi connectivity index (χ3v) is 4.17. The number of hydrogen-bond acceptors (Lipinski definition) is 5. The van der Waals surface area contributed by atoms with Gasteiger partial charge in [0.05, 0.1) is 22.9 Å². The van der Waals surface area contributed by atoms with Gasteiger partial charge in [0.25, 0.3) is 0 Å². The molecule has 0 bridgehead atoms. The van der Waals surface area contributed by atoms with E-state index in [1.54, 1.807) is 42.2 Å². The average Bonchev–Trinajstić information content (AvgIpc) is 2.99. The summed E-state index contributed by atoms with van der Waals surface area (Å²) in [7, 11) is 0. The standard InChI is InChI=1S/C20H16FN5O2/c1-12-11-26(16-7-4-8-22-18(12)16)25-20(27)28-17-10-23-19(24-13(17)2)14-5-3-6-15(21)9-14/h3-11H,1-2H3,(H,25,27). The maximum atomic E-state index is 13.4. The van der Waals surface area contributed by atoms with E-state index in [0.29, 0.717) is 17.1 Å². The first kappa shape index (κ1) is 17.6. The van der Waals surface area contributed by atoms with E-state index in [1.807, 2.05) is 13.0 Å². The van der Waals surface area contributed by atoms with Crippen LogP contribution in [0.4, 0.5) is 9.18 Å². The number of aryl methyl sites for hydroxylation is 2. The Bertz CT molecular complexity index is 1190. The molecule has 7 nitrogen and oxygen atoms in total. The molecule has 3 aromatic heterocycles. The molecule has 1 N–H and O–H groups in total. The van der Waals surface area contributed by atoms with Crippen LogP contribution >= 0.6 is 0 Å². The highest BCUT2D eigenvalue weighted by atomic mass is 19.1. The molecule has 0 fully saturated rings. The van der Waals surface area contributed by atoms with Gasteiger partial charge in [0.2, 0.25) is 0 Å². The molecule has 0 saturated heterocycles. The van der Waals surface area contributed by atoms with Gasteiger partial charge in [0.15, 0.2) is 11.6 Å². The monoisotopic (exact) mass is 377 g/mol. The summed E-state index contributed by atoms with van der Waals surface area (Å²) in [6, 6.07) is 9.61. The van der Waals surface area contributed by atoms with E-state index in [1.165, 1.54) is 18.3 Å². The van der Waals surface area contributed by atoms with Gasteiger partial charge >= 0.3 is 6.09 Å². The van der Waals surface area contributed by atoms with E-state index >= 15 is 0 Å². The normalized spacial score (nSPS) is 10.8. The van der Waals surface area contributed by atoms with Gasteiger partial charge < -0.3 is 4.74 Å². The summed E-state index contributed by atoms with van der Waals surface area (Å²) in [5.41, 5.74) is 6.12. The molecule has 0 spiro atoms. The predicted molar refractivity (Wildman–Crippen MR) is 102 cm³/mol. The van der Waals surface area contributed by atoms with Crippen molar-refractivity contribution in [3.05, 3.63) is 72.1 Å². The van der Waals surface area contributed by atoms with Gasteiger partial charge in [-0.1, -0.05) is 12.1 Å². The number of fused-ring (bicyclic) bond motifs is 1. The molecule has 0 aliphatic heterocycles. The fourth-order valence-corrected chi connectivity index (χ4v) is 2.86. The van der Waals surface area contributed by atoms with Crippen molar-refractivity contribution in [2.45, 2.75) is 13.8 Å². The maximum Gasteiger partial charge on any atom is 0.432 e. The lowest BCUT2D eigenvalue weighted by Gasteiger charge is -2.10. The van der Waals surface area contributed by atoms with Crippen LogP contribution in [0.15, 0.2) is 55.0 Å². The molecule has 1 aromatic carbocycles. The molecule has 28 heavy (non-hydrogen) atoms. The van der Waals surface area contributed by atoms with Gasteiger partial charge in [-0.25, -0.2) is 24.6 Å². The fraction of sp³-hybridized carbons (Fsp3) is 0.100. The van der Waals surface area contributed by atoms with Crippen LogP contribution < -0.4 is 10.2 Å². The third kappa shape index (κ3) is 3.39. The number of pyridine rings is 1. The molecule has 4 aromatic rings. The zero-order chi connectivity index (χ0) is 19.7. The zero-order valence-electron chi connectivity index (χ0n) is 15.2. The quantitative estimate of drug-likeness (QED) is 0.584. The number of ether oxygens (including phenoxy) is 1. The summed E-state index contributed by atoms with van der Waals surface area (Å²) in [5, 5.41) is 0. The van der Waals surface area contributed by atoms with Crippen molar-refractivity contribution in [2.75, 3.05) is 5.43 Å². The summed E-state index contributed by atoms with van der Waals surface area (Å²) < 4.78 is 20.3. The lowest BCUT2D eigenvalue weighted by Crippen LogP contribution is -2.25. The minimum Gasteiger partial charge on any atom is -0.406 e. The van der Waals surface area contributed by atoms with E-state index in [4.69, 9.17) is 4.74 Å². The smallest absolute Gasteiger partial charge is 0.406 e. The molecule has 1 amide bonds. The molecule has 0 aliphatic carbocycles. The van der Waals surface area contributed by atoms with Crippen LogP contribution in [0.5, 0.6) is 5.75 Å². The molecule has 0 atom stereocenters. The van der Waals surface area contributed by atoms with E-state index in [-0.39, 0.29) is 11.6 Å². The lowest BCUT2D eigenvalue weighted by molar-refractivity contribution is 0.211. The van der Waals surface area contributed by atoms with Gasteiger partial charge in [0, 0.05) is 18.0 Å². The van der Waals surface area contributed by atoms with Crippen molar-refractivity contribution >= 4 is 17.1 Å². The topological polar surface area (TPSA) is 81.9 Å². The first-order valence-electron chi connectivity index (χ1n) is 8.52. The van der Waals surface area contributed by atoms with Crippen LogP contribution in [0.2, 0.25) is 0 Å². The van der Waals surface area contributed by atoms with Gasteiger partial charge in [0.1, 0.15) is 5.82 Å². The van der Waals surface area contributed by atoms with Gasteiger partial charge in [-0.15, -0.1) is 0 Å². The number of benzene rings is 1. The van der Waals surface area contributed by atoms with Crippen LogP contribution in [0.25, 0.3) is 22.4 Å². The number of halogens is 1. The molecular formula is C20H16FN5O2. The van der Waals surface area contributed by atoms with Gasteiger partial charge in [-0.2, -0.15) is 0 Å². The van der Waals surface area contributed by atoms with E-state index < -0.39 is 6.09 Å². The Morgan fingerprint density at radius 1 is 1.18 bits per heavy atom. The Kier molecular flexibility index (Phi) is 4.44. The Morgan fingerprint density at radius 2 is 2.04 bits per heavy atom.